The van der Waals surface area contributed by atoms with Gasteiger partial charge in [0, 0.05) is 11.9 Å². The molecule has 4 heteroatoms. The second-order valence-electron chi connectivity index (χ2n) is 2.77. The number of aliphatic imine (C=N–C) groups is 1. The topological polar surface area (TPSA) is 50.7 Å². The van der Waals surface area contributed by atoms with Crippen LogP contribution in [0.15, 0.2) is 29.3 Å². The highest BCUT2D eigenvalue weighted by Gasteiger charge is 1.98. The zero-order valence-corrected chi connectivity index (χ0v) is 8.86. The predicted molar refractivity (Wildman–Crippen MR) is 60.8 cm³/mol. The Morgan fingerprint density at radius 3 is 2.67 bits per heavy atom. The standard InChI is InChI=1S/C11H14N2O2/c1-3-12-11(14)13-9-5-7-10(8-6-9)15-4-2/h3,5-8H,4H2,1-2H3,(H,13,14). The van der Waals surface area contributed by atoms with Crippen molar-refractivity contribution in [2.45, 2.75) is 13.8 Å². The Hall–Kier alpha value is -1.84. The third kappa shape index (κ3) is 3.81. The number of urea groups is 1. The lowest BCUT2D eigenvalue weighted by atomic mass is 10.3. The average molecular weight is 206 g/mol. The average Bonchev–Trinajstić information content (AvgIpc) is 2.22. The third-order valence-corrected chi connectivity index (χ3v) is 1.66. The lowest BCUT2D eigenvalue weighted by Gasteiger charge is -2.04. The van der Waals surface area contributed by atoms with Gasteiger partial charge in [0.25, 0.3) is 0 Å². The van der Waals surface area contributed by atoms with Crippen LogP contribution in [0.3, 0.4) is 0 Å². The zero-order chi connectivity index (χ0) is 11.1. The molecule has 15 heavy (non-hydrogen) atoms. The van der Waals surface area contributed by atoms with Gasteiger partial charge < -0.3 is 10.1 Å². The number of ether oxygens (including phenoxy) is 1. The Morgan fingerprint density at radius 2 is 2.13 bits per heavy atom. The monoisotopic (exact) mass is 206 g/mol. The predicted octanol–water partition coefficient (Wildman–Crippen LogP) is 2.71. The molecule has 0 saturated carbocycles. The van der Waals surface area contributed by atoms with Crippen molar-refractivity contribution in [3.8, 4) is 5.75 Å². The maximum atomic E-state index is 11.1. The van der Waals surface area contributed by atoms with E-state index in [1.54, 1.807) is 31.2 Å². The molecule has 0 aliphatic carbocycles. The van der Waals surface area contributed by atoms with Crippen LogP contribution in [0.25, 0.3) is 0 Å². The van der Waals surface area contributed by atoms with Crippen LogP contribution in [0.2, 0.25) is 0 Å². The molecule has 1 aromatic rings. The van der Waals surface area contributed by atoms with Gasteiger partial charge >= 0.3 is 6.03 Å². The molecule has 1 aromatic carbocycles. The molecule has 0 unspecified atom stereocenters. The molecule has 1 N–H and O–H groups in total. The highest BCUT2D eigenvalue weighted by atomic mass is 16.5. The molecule has 0 bridgehead atoms. The summed E-state index contributed by atoms with van der Waals surface area (Å²) in [5.41, 5.74) is 0.703. The van der Waals surface area contributed by atoms with Gasteiger partial charge in [-0.3, -0.25) is 0 Å². The van der Waals surface area contributed by atoms with Crippen molar-refractivity contribution in [1.82, 2.24) is 0 Å². The molecule has 2 amide bonds. The molecule has 0 aliphatic rings. The molecule has 0 atom stereocenters. The van der Waals surface area contributed by atoms with E-state index in [2.05, 4.69) is 10.3 Å². The van der Waals surface area contributed by atoms with E-state index < -0.39 is 0 Å². The van der Waals surface area contributed by atoms with Crippen molar-refractivity contribution in [3.05, 3.63) is 24.3 Å². The van der Waals surface area contributed by atoms with Crippen molar-refractivity contribution < 1.29 is 9.53 Å². The molecule has 0 fully saturated rings. The first kappa shape index (κ1) is 11.2. The maximum absolute atomic E-state index is 11.1. The molecule has 0 aromatic heterocycles. The van der Waals surface area contributed by atoms with Gasteiger partial charge in [0.15, 0.2) is 0 Å². The SMILES string of the molecule is CC=NC(=O)Nc1ccc(OCC)cc1. The van der Waals surface area contributed by atoms with Gasteiger partial charge in [0.2, 0.25) is 0 Å². The molecule has 0 saturated heterocycles. The van der Waals surface area contributed by atoms with Gasteiger partial charge in [0.1, 0.15) is 5.75 Å². The van der Waals surface area contributed by atoms with E-state index in [9.17, 15) is 4.79 Å². The summed E-state index contributed by atoms with van der Waals surface area (Å²) < 4.78 is 5.27. The smallest absolute Gasteiger partial charge is 0.345 e. The Kier molecular flexibility index (Phi) is 4.34. The normalized spacial score (nSPS) is 10.3. The minimum atomic E-state index is -0.373. The summed E-state index contributed by atoms with van der Waals surface area (Å²) in [6.45, 7) is 4.25. The number of rotatable bonds is 3. The first-order chi connectivity index (χ1) is 7.26. The van der Waals surface area contributed by atoms with Crippen LogP contribution in [0, 0.1) is 0 Å². The van der Waals surface area contributed by atoms with E-state index in [0.717, 1.165) is 5.75 Å². The van der Waals surface area contributed by atoms with Crippen LogP contribution in [0.4, 0.5) is 10.5 Å². The van der Waals surface area contributed by atoms with Gasteiger partial charge in [-0.05, 0) is 38.1 Å². The van der Waals surface area contributed by atoms with Crippen LogP contribution >= 0.6 is 0 Å². The van der Waals surface area contributed by atoms with Crippen LogP contribution < -0.4 is 10.1 Å². The number of nitrogens with one attached hydrogen (secondary N) is 1. The summed E-state index contributed by atoms with van der Waals surface area (Å²) in [5.74, 6) is 0.787. The van der Waals surface area contributed by atoms with Crippen molar-refractivity contribution in [2.75, 3.05) is 11.9 Å². The second-order valence-corrected chi connectivity index (χ2v) is 2.77. The molecule has 0 aliphatic heterocycles. The van der Waals surface area contributed by atoms with E-state index in [1.807, 2.05) is 6.92 Å². The highest BCUT2D eigenvalue weighted by molar-refractivity contribution is 5.94. The fraction of sp³-hybridized carbons (Fsp3) is 0.273. The number of hydrogen-bond donors (Lipinski definition) is 1. The van der Waals surface area contributed by atoms with Gasteiger partial charge in [-0.25, -0.2) is 9.79 Å². The van der Waals surface area contributed by atoms with Crippen molar-refractivity contribution in [3.63, 3.8) is 0 Å². The highest BCUT2D eigenvalue weighted by Crippen LogP contribution is 2.15. The lowest BCUT2D eigenvalue weighted by Crippen LogP contribution is -2.05. The second kappa shape index (κ2) is 5.80. The maximum Gasteiger partial charge on any atom is 0.345 e. The van der Waals surface area contributed by atoms with Crippen molar-refractivity contribution in [1.29, 1.82) is 0 Å². The molecule has 0 radical (unpaired) electrons. The first-order valence-electron chi connectivity index (χ1n) is 4.78. The van der Waals surface area contributed by atoms with E-state index in [4.69, 9.17) is 4.74 Å². The van der Waals surface area contributed by atoms with Crippen LogP contribution in [0.1, 0.15) is 13.8 Å². The van der Waals surface area contributed by atoms with Crippen LogP contribution in [0.5, 0.6) is 5.75 Å². The van der Waals surface area contributed by atoms with E-state index in [1.165, 1.54) is 6.21 Å². The number of carbonyl (C=O) groups excluding carboxylic acids is 1. The Morgan fingerprint density at radius 1 is 1.47 bits per heavy atom. The van der Waals surface area contributed by atoms with Gasteiger partial charge in [-0.2, -0.15) is 0 Å². The number of anilines is 1. The number of hydrogen-bond acceptors (Lipinski definition) is 2. The number of benzene rings is 1. The summed E-state index contributed by atoms with van der Waals surface area (Å²) in [6.07, 6.45) is 1.45. The summed E-state index contributed by atoms with van der Waals surface area (Å²) in [5, 5.41) is 2.62. The molecule has 80 valence electrons. The lowest BCUT2D eigenvalue weighted by molar-refractivity contribution is 0.259. The largest absolute Gasteiger partial charge is 0.494 e. The number of nitrogens with zero attached hydrogens (tertiary/aromatic N) is 1. The Labute approximate surface area is 89.0 Å². The first-order valence-corrected chi connectivity index (χ1v) is 4.78. The van der Waals surface area contributed by atoms with E-state index in [-0.39, 0.29) is 6.03 Å². The molecule has 0 spiro atoms. The van der Waals surface area contributed by atoms with Crippen LogP contribution in [-0.2, 0) is 0 Å². The molecular formula is C11H14N2O2. The van der Waals surface area contributed by atoms with Crippen LogP contribution in [-0.4, -0.2) is 18.9 Å². The summed E-state index contributed by atoms with van der Waals surface area (Å²) in [7, 11) is 0. The number of carbonyl (C=O) groups is 1. The summed E-state index contributed by atoms with van der Waals surface area (Å²) in [4.78, 5) is 14.7. The van der Waals surface area contributed by atoms with E-state index in [0.29, 0.717) is 12.3 Å². The van der Waals surface area contributed by atoms with E-state index >= 15 is 0 Å². The minimum absolute atomic E-state index is 0.373. The summed E-state index contributed by atoms with van der Waals surface area (Å²) in [6, 6.07) is 6.77. The molecular weight excluding hydrogens is 192 g/mol. The van der Waals surface area contributed by atoms with Gasteiger partial charge in [-0.1, -0.05) is 0 Å². The molecule has 0 heterocycles. The Bertz CT molecular complexity index is 344. The minimum Gasteiger partial charge on any atom is -0.494 e. The number of amides is 2. The quantitative estimate of drug-likeness (QED) is 0.773. The van der Waals surface area contributed by atoms with Crippen molar-refractivity contribution >= 4 is 17.9 Å². The fourth-order valence-corrected chi connectivity index (χ4v) is 1.07. The Balaban J connectivity index is 2.60. The zero-order valence-electron chi connectivity index (χ0n) is 8.86. The summed E-state index contributed by atoms with van der Waals surface area (Å²) >= 11 is 0. The van der Waals surface area contributed by atoms with Crippen molar-refractivity contribution in [2.24, 2.45) is 4.99 Å². The van der Waals surface area contributed by atoms with Gasteiger partial charge in [0.05, 0.1) is 6.61 Å². The molecule has 1 rings (SSSR count). The third-order valence-electron chi connectivity index (χ3n) is 1.66. The van der Waals surface area contributed by atoms with Gasteiger partial charge in [-0.15, -0.1) is 0 Å². The molecule has 4 nitrogen and oxygen atoms in total. The fourth-order valence-electron chi connectivity index (χ4n) is 1.07.